The molecule has 0 radical (unpaired) electrons. The van der Waals surface area contributed by atoms with Gasteiger partial charge >= 0.3 is 5.97 Å². The van der Waals surface area contributed by atoms with E-state index in [1.165, 1.54) is 18.1 Å². The average molecular weight is 273 g/mol. The highest BCUT2D eigenvalue weighted by Gasteiger charge is 2.20. The topological polar surface area (TPSA) is 76.0 Å². The Hall–Kier alpha value is -1.95. The zero-order valence-corrected chi connectivity index (χ0v) is 10.9. The van der Waals surface area contributed by atoms with Crippen molar-refractivity contribution in [3.63, 3.8) is 0 Å². The van der Waals surface area contributed by atoms with Gasteiger partial charge in [-0.15, -0.1) is 0 Å². The molecule has 2 aromatic rings. The fraction of sp³-hybridized carbons (Fsp3) is 0.231. The van der Waals surface area contributed by atoms with Gasteiger partial charge < -0.3 is 5.11 Å². The normalized spacial score (nSPS) is 13.3. The van der Waals surface area contributed by atoms with Gasteiger partial charge in [-0.25, -0.2) is 19.7 Å². The van der Waals surface area contributed by atoms with Crippen LogP contribution in [0, 0.1) is 0 Å². The SMILES string of the molecule is O=C(O)c1cc2c(nc1Sc1ccncn1)CCC2. The first-order valence-corrected chi connectivity index (χ1v) is 6.75. The largest absolute Gasteiger partial charge is 0.478 e. The van der Waals surface area contributed by atoms with Crippen molar-refractivity contribution in [2.24, 2.45) is 0 Å². The second-order valence-corrected chi connectivity index (χ2v) is 5.26. The number of aryl methyl sites for hydroxylation is 2. The lowest BCUT2D eigenvalue weighted by molar-refractivity contribution is 0.0692. The van der Waals surface area contributed by atoms with Crippen LogP contribution < -0.4 is 0 Å². The van der Waals surface area contributed by atoms with E-state index in [1.54, 1.807) is 18.3 Å². The summed E-state index contributed by atoms with van der Waals surface area (Å²) in [6.07, 6.45) is 5.95. The zero-order valence-electron chi connectivity index (χ0n) is 10.0. The first-order valence-electron chi connectivity index (χ1n) is 5.94. The second kappa shape index (κ2) is 4.97. The van der Waals surface area contributed by atoms with E-state index in [9.17, 15) is 9.90 Å². The number of fused-ring (bicyclic) bond motifs is 1. The van der Waals surface area contributed by atoms with Crippen LogP contribution in [-0.2, 0) is 12.8 Å². The van der Waals surface area contributed by atoms with Crippen molar-refractivity contribution >= 4 is 17.7 Å². The minimum atomic E-state index is -0.946. The molecule has 96 valence electrons. The molecule has 0 amide bonds. The molecule has 1 aliphatic rings. The minimum absolute atomic E-state index is 0.254. The predicted octanol–water partition coefficient (Wildman–Crippen LogP) is 2.21. The summed E-state index contributed by atoms with van der Waals surface area (Å²) >= 11 is 1.27. The van der Waals surface area contributed by atoms with E-state index in [2.05, 4.69) is 15.0 Å². The number of nitrogens with zero attached hydrogens (tertiary/aromatic N) is 3. The highest BCUT2D eigenvalue weighted by molar-refractivity contribution is 7.99. The van der Waals surface area contributed by atoms with Crippen LogP contribution in [0.5, 0.6) is 0 Å². The van der Waals surface area contributed by atoms with E-state index in [0.29, 0.717) is 10.1 Å². The monoisotopic (exact) mass is 273 g/mol. The third kappa shape index (κ3) is 2.44. The molecule has 0 bridgehead atoms. The van der Waals surface area contributed by atoms with Crippen molar-refractivity contribution in [2.45, 2.75) is 29.3 Å². The molecular weight excluding hydrogens is 262 g/mol. The first-order chi connectivity index (χ1) is 9.24. The van der Waals surface area contributed by atoms with Gasteiger partial charge in [-0.1, -0.05) is 0 Å². The summed E-state index contributed by atoms with van der Waals surface area (Å²) in [6, 6.07) is 3.49. The van der Waals surface area contributed by atoms with Gasteiger partial charge in [-0.05, 0) is 48.7 Å². The Balaban J connectivity index is 2.02. The number of carboxylic acids is 1. The van der Waals surface area contributed by atoms with E-state index in [-0.39, 0.29) is 5.56 Å². The van der Waals surface area contributed by atoms with Gasteiger partial charge in [0.2, 0.25) is 0 Å². The van der Waals surface area contributed by atoms with E-state index in [4.69, 9.17) is 0 Å². The molecule has 0 saturated carbocycles. The summed E-state index contributed by atoms with van der Waals surface area (Å²) in [7, 11) is 0. The summed E-state index contributed by atoms with van der Waals surface area (Å²) in [5.41, 5.74) is 2.33. The molecular formula is C13H11N3O2S. The lowest BCUT2D eigenvalue weighted by atomic mass is 10.1. The summed E-state index contributed by atoms with van der Waals surface area (Å²) < 4.78 is 0. The summed E-state index contributed by atoms with van der Waals surface area (Å²) in [5, 5.41) is 10.5. The van der Waals surface area contributed by atoms with Gasteiger partial charge in [0.25, 0.3) is 0 Å². The Morgan fingerprint density at radius 1 is 1.37 bits per heavy atom. The quantitative estimate of drug-likeness (QED) is 0.864. The molecule has 0 spiro atoms. The summed E-state index contributed by atoms with van der Waals surface area (Å²) in [4.78, 5) is 23.7. The van der Waals surface area contributed by atoms with Gasteiger partial charge in [-0.2, -0.15) is 0 Å². The van der Waals surface area contributed by atoms with Crippen LogP contribution >= 0.6 is 11.8 Å². The standard InChI is InChI=1S/C13H11N3O2S/c17-13(18)9-6-8-2-1-3-10(8)16-12(9)19-11-4-5-14-7-15-11/h4-7H,1-3H2,(H,17,18). The van der Waals surface area contributed by atoms with E-state index < -0.39 is 5.97 Å². The Morgan fingerprint density at radius 2 is 2.26 bits per heavy atom. The predicted molar refractivity (Wildman–Crippen MR) is 69.4 cm³/mol. The second-order valence-electron chi connectivity index (χ2n) is 4.26. The van der Waals surface area contributed by atoms with Gasteiger partial charge in [0, 0.05) is 11.9 Å². The molecule has 0 atom stereocenters. The van der Waals surface area contributed by atoms with Crippen LogP contribution in [0.4, 0.5) is 0 Å². The molecule has 0 fully saturated rings. The van der Waals surface area contributed by atoms with Crippen LogP contribution in [0.3, 0.4) is 0 Å². The number of hydrogen-bond acceptors (Lipinski definition) is 5. The van der Waals surface area contributed by atoms with Crippen LogP contribution in [0.2, 0.25) is 0 Å². The van der Waals surface area contributed by atoms with Crippen molar-refractivity contribution < 1.29 is 9.90 Å². The number of carboxylic acid groups (broad SMARTS) is 1. The van der Waals surface area contributed by atoms with Crippen LogP contribution in [0.1, 0.15) is 28.0 Å². The Labute approximate surface area is 114 Å². The molecule has 1 N–H and O–H groups in total. The minimum Gasteiger partial charge on any atom is -0.478 e. The third-order valence-corrected chi connectivity index (χ3v) is 3.96. The Kier molecular flexibility index (Phi) is 3.16. The van der Waals surface area contributed by atoms with E-state index in [0.717, 1.165) is 30.5 Å². The molecule has 2 heterocycles. The van der Waals surface area contributed by atoms with Gasteiger partial charge in [0.15, 0.2) is 0 Å². The Bertz CT molecular complexity index is 631. The summed E-state index contributed by atoms with van der Waals surface area (Å²) in [5.74, 6) is -0.946. The van der Waals surface area contributed by atoms with Gasteiger partial charge in [0.05, 0.1) is 5.56 Å². The molecule has 0 aromatic carbocycles. The lowest BCUT2D eigenvalue weighted by Crippen LogP contribution is -2.04. The molecule has 0 saturated heterocycles. The summed E-state index contributed by atoms with van der Waals surface area (Å²) in [6.45, 7) is 0. The van der Waals surface area contributed by atoms with Crippen molar-refractivity contribution in [1.29, 1.82) is 0 Å². The highest BCUT2D eigenvalue weighted by Crippen LogP contribution is 2.31. The fourth-order valence-corrected chi connectivity index (χ4v) is 2.96. The fourth-order valence-electron chi connectivity index (χ4n) is 2.12. The van der Waals surface area contributed by atoms with Crippen molar-refractivity contribution in [2.75, 3.05) is 0 Å². The van der Waals surface area contributed by atoms with Gasteiger partial charge in [0.1, 0.15) is 16.4 Å². The molecule has 3 rings (SSSR count). The maximum Gasteiger partial charge on any atom is 0.338 e. The maximum absolute atomic E-state index is 11.3. The zero-order chi connectivity index (χ0) is 13.2. The number of aromatic carboxylic acids is 1. The Morgan fingerprint density at radius 3 is 3.00 bits per heavy atom. The third-order valence-electron chi connectivity index (χ3n) is 3.00. The van der Waals surface area contributed by atoms with Crippen molar-refractivity contribution in [3.05, 3.63) is 41.5 Å². The van der Waals surface area contributed by atoms with E-state index >= 15 is 0 Å². The lowest BCUT2D eigenvalue weighted by Gasteiger charge is -2.07. The van der Waals surface area contributed by atoms with Crippen molar-refractivity contribution in [1.82, 2.24) is 15.0 Å². The molecule has 5 nitrogen and oxygen atoms in total. The van der Waals surface area contributed by atoms with Gasteiger partial charge in [-0.3, -0.25) is 0 Å². The molecule has 0 aliphatic heterocycles. The van der Waals surface area contributed by atoms with Crippen LogP contribution in [0.25, 0.3) is 0 Å². The highest BCUT2D eigenvalue weighted by atomic mass is 32.2. The number of hydrogen-bond donors (Lipinski definition) is 1. The molecule has 1 aliphatic carbocycles. The van der Waals surface area contributed by atoms with Crippen LogP contribution in [0.15, 0.2) is 34.7 Å². The van der Waals surface area contributed by atoms with Crippen LogP contribution in [-0.4, -0.2) is 26.0 Å². The molecule has 6 heteroatoms. The molecule has 19 heavy (non-hydrogen) atoms. The average Bonchev–Trinajstić information content (AvgIpc) is 2.86. The number of pyridine rings is 1. The number of aromatic nitrogens is 3. The first kappa shape index (κ1) is 12.1. The molecule has 0 unspecified atom stereocenters. The number of carbonyl (C=O) groups is 1. The maximum atomic E-state index is 11.3. The number of rotatable bonds is 3. The van der Waals surface area contributed by atoms with Crippen molar-refractivity contribution in [3.8, 4) is 0 Å². The van der Waals surface area contributed by atoms with E-state index in [1.807, 2.05) is 0 Å². The smallest absolute Gasteiger partial charge is 0.338 e. The molecule has 2 aromatic heterocycles.